The van der Waals surface area contributed by atoms with E-state index in [1.54, 1.807) is 24.4 Å². The monoisotopic (exact) mass is 471 g/mol. The third-order valence-corrected chi connectivity index (χ3v) is 5.84. The Morgan fingerprint density at radius 2 is 2.03 bits per heavy atom. The summed E-state index contributed by atoms with van der Waals surface area (Å²) in [5, 5.41) is 12.5. The van der Waals surface area contributed by atoms with Crippen LogP contribution in [-0.4, -0.2) is 21.0 Å². The average Bonchev–Trinajstić information content (AvgIpc) is 3.11. The Labute approximate surface area is 182 Å². The number of hydrogen-bond donors (Lipinski definition) is 2. The van der Waals surface area contributed by atoms with E-state index < -0.39 is 17.7 Å². The largest absolute Gasteiger partial charge is 0.478 e. The second kappa shape index (κ2) is 9.50. The lowest BCUT2D eigenvalue weighted by Crippen LogP contribution is -2.05. The first-order chi connectivity index (χ1) is 14.2. The molecule has 0 atom stereocenters. The average molecular weight is 472 g/mol. The van der Waals surface area contributed by atoms with E-state index in [4.69, 9.17) is 16.7 Å². The topological polar surface area (TPSA) is 75.1 Å². The van der Waals surface area contributed by atoms with Crippen molar-refractivity contribution in [3.63, 3.8) is 0 Å². The molecule has 3 rings (SSSR count). The summed E-state index contributed by atoms with van der Waals surface area (Å²) in [6.45, 7) is 0.486. The summed E-state index contributed by atoms with van der Waals surface area (Å²) in [5.74, 6) is -1.11. The first-order valence-corrected chi connectivity index (χ1v) is 10.3. The zero-order valence-electron chi connectivity index (χ0n) is 15.0. The van der Waals surface area contributed by atoms with Crippen LogP contribution < -0.4 is 5.32 Å². The Morgan fingerprint density at radius 3 is 2.63 bits per heavy atom. The summed E-state index contributed by atoms with van der Waals surface area (Å²) in [7, 11) is 0. The van der Waals surface area contributed by atoms with Gasteiger partial charge in [0.15, 0.2) is 4.47 Å². The standard InChI is InChI=1S/C19H13ClF3N3O2S2/c20-18-26-10-14(29-18)9-24-13-3-4-15(11(7-13)1-6-17(27)28)30-16-5-2-12(8-25-16)19(21,22)23/h1-8,10,24H,9H2,(H,27,28). The minimum absolute atomic E-state index is 0.355. The number of anilines is 1. The van der Waals surface area contributed by atoms with Gasteiger partial charge in [-0.1, -0.05) is 23.4 Å². The van der Waals surface area contributed by atoms with Crippen molar-refractivity contribution >= 4 is 52.4 Å². The third kappa shape index (κ3) is 6.22. The summed E-state index contributed by atoms with van der Waals surface area (Å²) in [6.07, 6.45) is 0.383. The van der Waals surface area contributed by atoms with Crippen molar-refractivity contribution < 1.29 is 23.1 Å². The Hall–Kier alpha value is -2.56. The van der Waals surface area contributed by atoms with Gasteiger partial charge in [0, 0.05) is 33.9 Å². The minimum Gasteiger partial charge on any atom is -0.478 e. The summed E-state index contributed by atoms with van der Waals surface area (Å²) in [4.78, 5) is 20.3. The van der Waals surface area contributed by atoms with Crippen molar-refractivity contribution in [2.24, 2.45) is 0 Å². The molecule has 0 radical (unpaired) electrons. The van der Waals surface area contributed by atoms with Crippen LogP contribution in [0.4, 0.5) is 18.9 Å². The maximum absolute atomic E-state index is 12.7. The van der Waals surface area contributed by atoms with Crippen LogP contribution in [0.2, 0.25) is 4.47 Å². The summed E-state index contributed by atoms with van der Waals surface area (Å²) in [6, 6.07) is 7.51. The maximum Gasteiger partial charge on any atom is 0.417 e. The lowest BCUT2D eigenvalue weighted by atomic mass is 10.2. The van der Waals surface area contributed by atoms with Crippen molar-refractivity contribution in [2.75, 3.05) is 5.32 Å². The number of aliphatic carboxylic acids is 1. The van der Waals surface area contributed by atoms with Gasteiger partial charge in [-0.2, -0.15) is 13.2 Å². The highest BCUT2D eigenvalue weighted by atomic mass is 35.5. The molecule has 11 heteroatoms. The molecular formula is C19H13ClF3N3O2S2. The van der Waals surface area contributed by atoms with Crippen molar-refractivity contribution in [1.29, 1.82) is 0 Å². The van der Waals surface area contributed by atoms with Crippen LogP contribution in [0.3, 0.4) is 0 Å². The van der Waals surface area contributed by atoms with E-state index in [2.05, 4.69) is 15.3 Å². The van der Waals surface area contributed by atoms with Crippen molar-refractivity contribution in [2.45, 2.75) is 22.6 Å². The highest BCUT2D eigenvalue weighted by molar-refractivity contribution is 7.99. The fourth-order valence-electron chi connectivity index (χ4n) is 2.32. The summed E-state index contributed by atoms with van der Waals surface area (Å²) >= 11 is 8.29. The number of alkyl halides is 3. The number of rotatable bonds is 7. The molecule has 0 aliphatic rings. The molecule has 0 aliphatic carbocycles. The van der Waals surface area contributed by atoms with Gasteiger partial charge in [0.2, 0.25) is 0 Å². The van der Waals surface area contributed by atoms with Crippen molar-refractivity contribution in [3.8, 4) is 0 Å². The van der Waals surface area contributed by atoms with E-state index in [0.717, 1.165) is 40.7 Å². The van der Waals surface area contributed by atoms with E-state index in [9.17, 15) is 18.0 Å². The zero-order chi connectivity index (χ0) is 21.7. The van der Waals surface area contributed by atoms with Crippen LogP contribution >= 0.6 is 34.7 Å². The smallest absolute Gasteiger partial charge is 0.417 e. The molecule has 2 heterocycles. The molecule has 156 valence electrons. The quantitative estimate of drug-likeness (QED) is 0.407. The van der Waals surface area contributed by atoms with Gasteiger partial charge in [-0.15, -0.1) is 11.3 Å². The predicted molar refractivity (Wildman–Crippen MR) is 111 cm³/mol. The molecule has 30 heavy (non-hydrogen) atoms. The molecule has 0 saturated heterocycles. The zero-order valence-corrected chi connectivity index (χ0v) is 17.4. The van der Waals surface area contributed by atoms with Gasteiger partial charge in [0.1, 0.15) is 5.03 Å². The predicted octanol–water partition coefficient (Wildman–Crippen LogP) is 6.07. The molecule has 2 N–H and O–H groups in total. The van der Waals surface area contributed by atoms with Gasteiger partial charge in [0.25, 0.3) is 0 Å². The van der Waals surface area contributed by atoms with Crippen LogP contribution in [-0.2, 0) is 17.5 Å². The Kier molecular flexibility index (Phi) is 7.01. The first kappa shape index (κ1) is 22.1. The molecule has 1 aromatic carbocycles. The van der Waals surface area contributed by atoms with Crippen molar-refractivity contribution in [3.05, 3.63) is 69.3 Å². The molecule has 0 unspecified atom stereocenters. The number of aromatic nitrogens is 2. The molecule has 0 fully saturated rings. The lowest BCUT2D eigenvalue weighted by molar-refractivity contribution is -0.138. The number of hydrogen-bond acceptors (Lipinski definition) is 6. The number of halogens is 4. The molecular weight excluding hydrogens is 459 g/mol. The number of nitrogens with one attached hydrogen (secondary N) is 1. The normalized spacial score (nSPS) is 11.7. The highest BCUT2D eigenvalue weighted by Gasteiger charge is 2.30. The molecule has 0 amide bonds. The fraction of sp³-hybridized carbons (Fsp3) is 0.105. The van der Waals surface area contributed by atoms with Crippen LogP contribution in [0.15, 0.2) is 58.7 Å². The van der Waals surface area contributed by atoms with Crippen molar-refractivity contribution in [1.82, 2.24) is 9.97 Å². The number of benzene rings is 1. The SMILES string of the molecule is O=C(O)C=Cc1cc(NCc2cnc(Cl)s2)ccc1Sc1ccc(C(F)(F)F)cn1. The van der Waals surface area contributed by atoms with Crippen LogP contribution in [0, 0.1) is 0 Å². The van der Waals surface area contributed by atoms with Gasteiger partial charge in [0.05, 0.1) is 12.1 Å². The molecule has 3 aromatic rings. The fourth-order valence-corrected chi connectivity index (χ4v) is 4.08. The number of carboxylic acids is 1. The van der Waals surface area contributed by atoms with Crippen LogP contribution in [0.1, 0.15) is 16.0 Å². The molecule has 0 saturated carbocycles. The van der Waals surface area contributed by atoms with E-state index in [1.165, 1.54) is 23.5 Å². The van der Waals surface area contributed by atoms with E-state index >= 15 is 0 Å². The Bertz CT molecular complexity index is 1070. The van der Waals surface area contributed by atoms with Gasteiger partial charge in [-0.25, -0.2) is 14.8 Å². The Morgan fingerprint density at radius 1 is 1.23 bits per heavy atom. The minimum atomic E-state index is -4.46. The second-order valence-corrected chi connectivity index (χ2v) is 8.60. The molecule has 2 aromatic heterocycles. The van der Waals surface area contributed by atoms with E-state index in [-0.39, 0.29) is 0 Å². The van der Waals surface area contributed by atoms with Crippen LogP contribution in [0.25, 0.3) is 6.08 Å². The molecule has 5 nitrogen and oxygen atoms in total. The molecule has 0 aliphatic heterocycles. The molecule has 0 spiro atoms. The molecule has 0 bridgehead atoms. The number of pyridine rings is 1. The summed E-state index contributed by atoms with van der Waals surface area (Å²) < 4.78 is 38.5. The second-order valence-electron chi connectivity index (χ2n) is 5.84. The first-order valence-electron chi connectivity index (χ1n) is 8.31. The van der Waals surface area contributed by atoms with Gasteiger partial charge in [-0.05, 0) is 42.0 Å². The third-order valence-electron chi connectivity index (χ3n) is 3.69. The number of thiazole rings is 1. The number of carbonyl (C=O) groups is 1. The Balaban J connectivity index is 1.80. The van der Waals surface area contributed by atoms with E-state index in [0.29, 0.717) is 26.5 Å². The number of carboxylic acid groups (broad SMARTS) is 1. The van der Waals surface area contributed by atoms with Gasteiger partial charge in [-0.3, -0.25) is 0 Å². The number of nitrogens with zero attached hydrogens (tertiary/aromatic N) is 2. The lowest BCUT2D eigenvalue weighted by Gasteiger charge is -2.11. The van der Waals surface area contributed by atoms with Gasteiger partial charge >= 0.3 is 12.1 Å². The summed E-state index contributed by atoms with van der Waals surface area (Å²) in [5.41, 5.74) is 0.478. The van der Waals surface area contributed by atoms with E-state index in [1.807, 2.05) is 0 Å². The van der Waals surface area contributed by atoms with Crippen LogP contribution in [0.5, 0.6) is 0 Å². The highest BCUT2D eigenvalue weighted by Crippen LogP contribution is 2.34. The maximum atomic E-state index is 12.7. The van der Waals surface area contributed by atoms with Gasteiger partial charge < -0.3 is 10.4 Å².